The number of rotatable bonds is 12. The van der Waals surface area contributed by atoms with Crippen molar-refractivity contribution < 1.29 is 24.1 Å². The lowest BCUT2D eigenvalue weighted by Gasteiger charge is -2.25. The van der Waals surface area contributed by atoms with Crippen molar-refractivity contribution in [3.05, 3.63) is 47.0 Å². The van der Waals surface area contributed by atoms with E-state index in [2.05, 4.69) is 33.0 Å². The number of carbonyl (C=O) groups excluding carboxylic acids is 1. The number of aliphatic hydroxyl groups excluding tert-OH is 1. The number of amides is 1. The first kappa shape index (κ1) is 27.5. The molecule has 188 valence electrons. The fourth-order valence-corrected chi connectivity index (χ4v) is 4.24. The lowest BCUT2D eigenvalue weighted by Crippen LogP contribution is -2.20. The molecule has 0 bridgehead atoms. The smallest absolute Gasteiger partial charge is 0.224 e. The molecular formula is C28H41NO5. The molecule has 6 nitrogen and oxygen atoms in total. The quantitative estimate of drug-likeness (QED) is 0.361. The van der Waals surface area contributed by atoms with Crippen LogP contribution in [0.4, 0.5) is 5.69 Å². The van der Waals surface area contributed by atoms with Crippen molar-refractivity contribution in [1.29, 1.82) is 0 Å². The minimum Gasteiger partial charge on any atom is -0.493 e. The molecule has 1 amide bonds. The highest BCUT2D eigenvalue weighted by Gasteiger charge is 2.23. The number of ether oxygens (including phenoxy) is 3. The fourth-order valence-electron chi connectivity index (χ4n) is 4.24. The molecule has 0 saturated heterocycles. The van der Waals surface area contributed by atoms with E-state index in [0.29, 0.717) is 23.7 Å². The van der Waals surface area contributed by atoms with Crippen molar-refractivity contribution in [2.45, 2.75) is 77.7 Å². The summed E-state index contributed by atoms with van der Waals surface area (Å²) in [6, 6.07) is 9.64. The Kier molecular flexibility index (Phi) is 10.2. The van der Waals surface area contributed by atoms with Gasteiger partial charge in [0.25, 0.3) is 0 Å². The first-order valence-corrected chi connectivity index (χ1v) is 12.0. The molecule has 0 heterocycles. The van der Waals surface area contributed by atoms with Gasteiger partial charge in [-0.3, -0.25) is 4.79 Å². The van der Waals surface area contributed by atoms with E-state index in [1.54, 1.807) is 21.3 Å². The van der Waals surface area contributed by atoms with Crippen LogP contribution in [0.2, 0.25) is 0 Å². The van der Waals surface area contributed by atoms with Gasteiger partial charge in [-0.25, -0.2) is 0 Å². The molecule has 2 aromatic carbocycles. The SMILES string of the molecule is CCCCCC(CC(=O)Nc1cc(CO)ccc1C(C)(C)C)c1cc(OC)c(OC)c(OC)c1. The second-order valence-corrected chi connectivity index (χ2v) is 9.69. The summed E-state index contributed by atoms with van der Waals surface area (Å²) >= 11 is 0. The Morgan fingerprint density at radius 3 is 2.15 bits per heavy atom. The molecule has 34 heavy (non-hydrogen) atoms. The minimum absolute atomic E-state index is 0.000586. The Morgan fingerprint density at radius 1 is 1.00 bits per heavy atom. The first-order valence-electron chi connectivity index (χ1n) is 12.0. The van der Waals surface area contributed by atoms with Crippen LogP contribution in [0.1, 0.15) is 82.4 Å². The number of hydrogen-bond acceptors (Lipinski definition) is 5. The summed E-state index contributed by atoms with van der Waals surface area (Å²) in [4.78, 5) is 13.3. The van der Waals surface area contributed by atoms with Crippen molar-refractivity contribution in [3.8, 4) is 17.2 Å². The van der Waals surface area contributed by atoms with Crippen LogP contribution in [0.5, 0.6) is 17.2 Å². The van der Waals surface area contributed by atoms with Crippen LogP contribution in [0.15, 0.2) is 30.3 Å². The van der Waals surface area contributed by atoms with E-state index >= 15 is 0 Å². The zero-order valence-corrected chi connectivity index (χ0v) is 21.8. The van der Waals surface area contributed by atoms with E-state index in [1.807, 2.05) is 30.3 Å². The minimum atomic E-state index is -0.145. The van der Waals surface area contributed by atoms with E-state index < -0.39 is 0 Å². The highest BCUT2D eigenvalue weighted by molar-refractivity contribution is 5.92. The van der Waals surface area contributed by atoms with Gasteiger partial charge >= 0.3 is 0 Å². The molecule has 6 heteroatoms. The molecule has 0 aliphatic heterocycles. The fraction of sp³-hybridized carbons (Fsp3) is 0.536. The Hall–Kier alpha value is -2.73. The predicted molar refractivity (Wildman–Crippen MR) is 137 cm³/mol. The third kappa shape index (κ3) is 7.13. The summed E-state index contributed by atoms with van der Waals surface area (Å²) in [5.41, 5.74) is 3.40. The number of unbranched alkanes of at least 4 members (excludes halogenated alkanes) is 2. The zero-order valence-electron chi connectivity index (χ0n) is 21.8. The highest BCUT2D eigenvalue weighted by atomic mass is 16.5. The lowest BCUT2D eigenvalue weighted by molar-refractivity contribution is -0.116. The largest absolute Gasteiger partial charge is 0.493 e. The number of benzene rings is 2. The molecular weight excluding hydrogens is 430 g/mol. The predicted octanol–water partition coefficient (Wildman–Crippen LogP) is 6.19. The topological polar surface area (TPSA) is 77.0 Å². The molecule has 2 N–H and O–H groups in total. The molecule has 2 aromatic rings. The molecule has 0 radical (unpaired) electrons. The second-order valence-electron chi connectivity index (χ2n) is 9.69. The Labute approximate surface area is 204 Å². The maximum Gasteiger partial charge on any atom is 0.224 e. The van der Waals surface area contributed by atoms with Gasteiger partial charge in [0.2, 0.25) is 11.7 Å². The average Bonchev–Trinajstić information content (AvgIpc) is 2.81. The van der Waals surface area contributed by atoms with Crippen molar-refractivity contribution in [2.75, 3.05) is 26.6 Å². The first-order chi connectivity index (χ1) is 16.2. The van der Waals surface area contributed by atoms with E-state index in [4.69, 9.17) is 14.2 Å². The molecule has 1 unspecified atom stereocenters. The van der Waals surface area contributed by atoms with Crippen molar-refractivity contribution in [1.82, 2.24) is 0 Å². The molecule has 0 fully saturated rings. The summed E-state index contributed by atoms with van der Waals surface area (Å²) in [6.45, 7) is 8.43. The summed E-state index contributed by atoms with van der Waals surface area (Å²) in [7, 11) is 4.78. The van der Waals surface area contributed by atoms with Crippen LogP contribution in [0.25, 0.3) is 0 Å². The number of hydrogen-bond donors (Lipinski definition) is 2. The third-order valence-corrected chi connectivity index (χ3v) is 6.10. The summed E-state index contributed by atoms with van der Waals surface area (Å²) in [5, 5.41) is 12.7. The number of anilines is 1. The Morgan fingerprint density at radius 2 is 1.65 bits per heavy atom. The van der Waals surface area contributed by atoms with Gasteiger partial charge < -0.3 is 24.6 Å². The molecule has 1 atom stereocenters. The van der Waals surface area contributed by atoms with Crippen molar-refractivity contribution in [3.63, 3.8) is 0 Å². The maximum absolute atomic E-state index is 13.3. The van der Waals surface area contributed by atoms with E-state index in [1.165, 1.54) is 0 Å². The van der Waals surface area contributed by atoms with Crippen LogP contribution in [0.3, 0.4) is 0 Å². The number of nitrogens with one attached hydrogen (secondary N) is 1. The van der Waals surface area contributed by atoms with E-state index in [9.17, 15) is 9.90 Å². The average molecular weight is 472 g/mol. The normalized spacial score (nSPS) is 12.2. The third-order valence-electron chi connectivity index (χ3n) is 6.10. The van der Waals surface area contributed by atoms with Crippen LogP contribution in [-0.2, 0) is 16.8 Å². The van der Waals surface area contributed by atoms with E-state index in [-0.39, 0.29) is 23.8 Å². The summed E-state index contributed by atoms with van der Waals surface area (Å²) < 4.78 is 16.6. The number of carbonyl (C=O) groups is 1. The summed E-state index contributed by atoms with van der Waals surface area (Å²) in [6.07, 6.45) is 4.45. The van der Waals surface area contributed by atoms with Crippen molar-refractivity contribution in [2.24, 2.45) is 0 Å². The van der Waals surface area contributed by atoms with Gasteiger partial charge in [-0.05, 0) is 52.6 Å². The molecule has 0 aliphatic carbocycles. The summed E-state index contributed by atoms with van der Waals surface area (Å²) in [5.74, 6) is 1.66. The highest BCUT2D eigenvalue weighted by Crippen LogP contribution is 2.42. The second kappa shape index (κ2) is 12.7. The van der Waals surface area contributed by atoms with Gasteiger partial charge in [0.1, 0.15) is 0 Å². The molecule has 0 spiro atoms. The van der Waals surface area contributed by atoms with Crippen LogP contribution >= 0.6 is 0 Å². The Balaban J connectivity index is 2.37. The zero-order chi connectivity index (χ0) is 25.3. The monoisotopic (exact) mass is 471 g/mol. The van der Waals surface area contributed by atoms with Gasteiger partial charge in [0.05, 0.1) is 27.9 Å². The Bertz CT molecular complexity index is 923. The van der Waals surface area contributed by atoms with Crippen LogP contribution < -0.4 is 19.5 Å². The van der Waals surface area contributed by atoms with Crippen LogP contribution in [0, 0.1) is 0 Å². The van der Waals surface area contributed by atoms with Crippen molar-refractivity contribution >= 4 is 11.6 Å². The molecule has 0 aliphatic rings. The molecule has 0 saturated carbocycles. The van der Waals surface area contributed by atoms with Crippen LogP contribution in [-0.4, -0.2) is 32.3 Å². The van der Waals surface area contributed by atoms with E-state index in [0.717, 1.165) is 48.1 Å². The van der Waals surface area contributed by atoms with Gasteiger partial charge in [-0.15, -0.1) is 0 Å². The van der Waals surface area contributed by atoms with Gasteiger partial charge in [-0.2, -0.15) is 0 Å². The molecule has 0 aromatic heterocycles. The number of aliphatic hydroxyl groups is 1. The van der Waals surface area contributed by atoms with Gasteiger partial charge in [-0.1, -0.05) is 59.1 Å². The number of methoxy groups -OCH3 is 3. The standard InChI is InChI=1S/C28H41NO5/c1-8-9-10-11-20(21-15-24(32-5)27(34-7)25(16-21)33-6)17-26(31)29-23-14-19(18-30)12-13-22(23)28(2,3)4/h12-16,20,30H,8-11,17-18H2,1-7H3,(H,29,31). The van der Waals surface area contributed by atoms with Gasteiger partial charge in [0.15, 0.2) is 11.5 Å². The molecule has 2 rings (SSSR count). The lowest BCUT2D eigenvalue weighted by atomic mass is 9.85. The maximum atomic E-state index is 13.3. The van der Waals surface area contributed by atoms with Gasteiger partial charge in [0, 0.05) is 12.1 Å².